The minimum Gasteiger partial charge on any atom is -0.458 e. The van der Waals surface area contributed by atoms with E-state index >= 15 is 0 Å². The Morgan fingerprint density at radius 3 is 1.97 bits per heavy atom. The van der Waals surface area contributed by atoms with Crippen LogP contribution in [0.5, 0.6) is 0 Å². The molecule has 1 rings (SSSR count). The van der Waals surface area contributed by atoms with Gasteiger partial charge in [-0.25, -0.2) is 4.79 Å². The number of hydrogen-bond acceptors (Lipinski definition) is 5. The fraction of sp³-hybridized carbons (Fsp3) is 0.593. The lowest BCUT2D eigenvalue weighted by Gasteiger charge is -2.36. The van der Waals surface area contributed by atoms with Gasteiger partial charge in [0.25, 0.3) is 0 Å². The van der Waals surface area contributed by atoms with E-state index in [-0.39, 0.29) is 24.5 Å². The van der Waals surface area contributed by atoms with Crippen LogP contribution in [0.15, 0.2) is 42.5 Å². The Labute approximate surface area is 224 Å². The highest BCUT2D eigenvalue weighted by Gasteiger charge is 2.41. The summed E-state index contributed by atoms with van der Waals surface area (Å²) < 4.78 is 50.5. The Morgan fingerprint density at radius 2 is 1.50 bits per heavy atom. The fourth-order valence-electron chi connectivity index (χ4n) is 2.98. The molecule has 214 valence electrons. The first-order chi connectivity index (χ1) is 17.1. The smallest absolute Gasteiger partial charge is 0.458 e. The van der Waals surface area contributed by atoms with E-state index in [4.69, 9.17) is 9.16 Å². The minimum atomic E-state index is -5.19. The van der Waals surface area contributed by atoms with Crippen molar-refractivity contribution < 1.29 is 36.7 Å². The van der Waals surface area contributed by atoms with E-state index in [1.807, 2.05) is 0 Å². The van der Waals surface area contributed by atoms with Crippen LogP contribution in [0.4, 0.5) is 13.2 Å². The lowest BCUT2D eigenvalue weighted by molar-refractivity contribution is -0.174. The first-order valence-corrected chi connectivity index (χ1v) is 15.3. The van der Waals surface area contributed by atoms with Crippen molar-refractivity contribution in [3.63, 3.8) is 0 Å². The molecule has 7 nitrogen and oxygen atoms in total. The van der Waals surface area contributed by atoms with Gasteiger partial charge in [-0.3, -0.25) is 9.59 Å². The van der Waals surface area contributed by atoms with Crippen LogP contribution in [0.2, 0.25) is 18.1 Å². The van der Waals surface area contributed by atoms with Crippen molar-refractivity contribution in [3.8, 4) is 0 Å². The standard InChI is InChI=1S/C27H41F3N2O5Si/c1-18(17-36-38(8,9)26(5,6)7)15-21(23(34)37-25(2,3)4)31-22(33)20(32-24(35)27(28,29)30)16-19-13-11-10-12-14-19/h10-14,20-21H,1,15-17H2,2-9H3,(H,31,33)(H,32,35)/t20-,21+/m0/s1. The number of nitrogens with one attached hydrogen (secondary N) is 2. The largest absolute Gasteiger partial charge is 0.471 e. The molecular weight excluding hydrogens is 517 g/mol. The summed E-state index contributed by atoms with van der Waals surface area (Å²) >= 11 is 0. The number of hydrogen-bond donors (Lipinski definition) is 2. The molecule has 0 unspecified atom stereocenters. The Morgan fingerprint density at radius 1 is 0.947 bits per heavy atom. The number of esters is 1. The molecule has 0 aliphatic heterocycles. The maximum atomic E-state index is 13.2. The van der Waals surface area contributed by atoms with Crippen LogP contribution in [0.3, 0.4) is 0 Å². The van der Waals surface area contributed by atoms with Crippen molar-refractivity contribution in [1.82, 2.24) is 10.6 Å². The second-order valence-corrected chi connectivity index (χ2v) is 16.6. The molecule has 0 aromatic heterocycles. The Balaban J connectivity index is 3.15. The molecule has 0 radical (unpaired) electrons. The third-order valence-corrected chi connectivity index (χ3v) is 10.6. The molecule has 0 heterocycles. The van der Waals surface area contributed by atoms with Gasteiger partial charge in [-0.2, -0.15) is 13.2 Å². The van der Waals surface area contributed by atoms with E-state index in [1.54, 1.807) is 56.4 Å². The number of alkyl halides is 3. The molecule has 2 amide bonds. The molecule has 0 aliphatic rings. The zero-order valence-corrected chi connectivity index (χ0v) is 24.5. The average Bonchev–Trinajstić information content (AvgIpc) is 2.74. The van der Waals surface area contributed by atoms with E-state index < -0.39 is 50.0 Å². The van der Waals surface area contributed by atoms with E-state index in [9.17, 15) is 27.6 Å². The van der Waals surface area contributed by atoms with Gasteiger partial charge in [-0.05, 0) is 44.5 Å². The van der Waals surface area contributed by atoms with Crippen LogP contribution >= 0.6 is 0 Å². The van der Waals surface area contributed by atoms with Crippen LogP contribution in [0.25, 0.3) is 0 Å². The number of carbonyl (C=O) groups is 3. The molecule has 2 N–H and O–H groups in total. The van der Waals surface area contributed by atoms with Crippen molar-refractivity contribution in [2.24, 2.45) is 0 Å². The molecule has 0 bridgehead atoms. The lowest BCUT2D eigenvalue weighted by atomic mass is 10.0. The molecule has 0 fully saturated rings. The van der Waals surface area contributed by atoms with E-state index in [0.717, 1.165) is 0 Å². The molecule has 0 spiro atoms. The molecule has 2 atom stereocenters. The molecular formula is C27H41F3N2O5Si. The molecule has 1 aromatic carbocycles. The number of rotatable bonds is 11. The number of benzene rings is 1. The van der Waals surface area contributed by atoms with Crippen LogP contribution in [-0.4, -0.2) is 56.6 Å². The van der Waals surface area contributed by atoms with Gasteiger partial charge in [0, 0.05) is 12.8 Å². The van der Waals surface area contributed by atoms with Crippen LogP contribution in [-0.2, 0) is 30.0 Å². The summed E-state index contributed by atoms with van der Waals surface area (Å²) in [6, 6.07) is 5.42. The maximum absolute atomic E-state index is 13.2. The number of carbonyl (C=O) groups excluding carboxylic acids is 3. The zero-order chi connectivity index (χ0) is 29.5. The normalized spacial score (nSPS) is 14.3. The van der Waals surface area contributed by atoms with Crippen LogP contribution in [0, 0.1) is 0 Å². The van der Waals surface area contributed by atoms with Gasteiger partial charge in [-0.1, -0.05) is 63.3 Å². The second-order valence-electron chi connectivity index (χ2n) is 11.8. The third-order valence-electron chi connectivity index (χ3n) is 6.11. The summed E-state index contributed by atoms with van der Waals surface area (Å²) in [5.41, 5.74) is 0.147. The molecule has 38 heavy (non-hydrogen) atoms. The SMILES string of the molecule is C=C(CO[Si](C)(C)C(C)(C)C)C[C@@H](NC(=O)[C@H](Cc1ccccc1)NC(=O)C(F)(F)F)C(=O)OC(C)(C)C. The summed E-state index contributed by atoms with van der Waals surface area (Å²) in [6.07, 6.45) is -5.46. The third kappa shape index (κ3) is 11.4. The Kier molecular flexibility index (Phi) is 11.3. The van der Waals surface area contributed by atoms with Crippen LogP contribution < -0.4 is 10.6 Å². The summed E-state index contributed by atoms with van der Waals surface area (Å²) in [4.78, 5) is 37.8. The van der Waals surface area contributed by atoms with Crippen molar-refractivity contribution in [1.29, 1.82) is 0 Å². The quantitative estimate of drug-likeness (QED) is 0.225. The van der Waals surface area contributed by atoms with Gasteiger partial charge in [0.05, 0.1) is 6.61 Å². The van der Waals surface area contributed by atoms with E-state index in [0.29, 0.717) is 11.1 Å². The summed E-state index contributed by atoms with van der Waals surface area (Å²) in [5, 5.41) is 4.16. The molecule has 0 saturated carbocycles. The van der Waals surface area contributed by atoms with Crippen molar-refractivity contribution in [2.75, 3.05) is 6.61 Å². The summed E-state index contributed by atoms with van der Waals surface area (Å²) in [5.74, 6) is -3.99. The number of ether oxygens (including phenoxy) is 1. The minimum absolute atomic E-state index is 0.0550. The fourth-order valence-corrected chi connectivity index (χ4v) is 3.98. The lowest BCUT2D eigenvalue weighted by Crippen LogP contribution is -2.55. The molecule has 11 heteroatoms. The van der Waals surface area contributed by atoms with Crippen molar-refractivity contribution in [2.45, 2.75) is 96.4 Å². The monoisotopic (exact) mass is 558 g/mol. The summed E-state index contributed by atoms with van der Waals surface area (Å²) in [7, 11) is -2.13. The predicted molar refractivity (Wildman–Crippen MR) is 143 cm³/mol. The number of halogens is 3. The highest BCUT2D eigenvalue weighted by molar-refractivity contribution is 6.74. The average molecular weight is 559 g/mol. The number of amides is 2. The summed E-state index contributed by atoms with van der Waals surface area (Å²) in [6.45, 7) is 19.4. The second kappa shape index (κ2) is 12.9. The van der Waals surface area contributed by atoms with E-state index in [2.05, 4.69) is 45.8 Å². The van der Waals surface area contributed by atoms with E-state index in [1.165, 1.54) is 0 Å². The van der Waals surface area contributed by atoms with Gasteiger partial charge >= 0.3 is 18.1 Å². The van der Waals surface area contributed by atoms with Gasteiger partial charge in [0.15, 0.2) is 8.32 Å². The predicted octanol–water partition coefficient (Wildman–Crippen LogP) is 5.07. The topological polar surface area (TPSA) is 93.7 Å². The Hall–Kier alpha value is -2.66. The molecule has 0 aliphatic carbocycles. The van der Waals surface area contributed by atoms with Gasteiger partial charge in [0.2, 0.25) is 5.91 Å². The zero-order valence-electron chi connectivity index (χ0n) is 23.5. The van der Waals surface area contributed by atoms with Crippen molar-refractivity contribution in [3.05, 3.63) is 48.0 Å². The first kappa shape index (κ1) is 33.4. The first-order valence-electron chi connectivity index (χ1n) is 12.4. The molecule has 0 saturated heterocycles. The van der Waals surface area contributed by atoms with Crippen LogP contribution in [0.1, 0.15) is 53.5 Å². The van der Waals surface area contributed by atoms with Gasteiger partial charge < -0.3 is 19.8 Å². The van der Waals surface area contributed by atoms with Crippen molar-refractivity contribution >= 4 is 26.1 Å². The van der Waals surface area contributed by atoms with Gasteiger partial charge in [-0.15, -0.1) is 0 Å². The highest BCUT2D eigenvalue weighted by atomic mass is 28.4. The molecule has 1 aromatic rings. The Bertz CT molecular complexity index is 983. The highest BCUT2D eigenvalue weighted by Crippen LogP contribution is 2.36. The maximum Gasteiger partial charge on any atom is 0.471 e. The van der Waals surface area contributed by atoms with Gasteiger partial charge in [0.1, 0.15) is 17.7 Å².